The molecule has 118 valence electrons. The van der Waals surface area contributed by atoms with Crippen LogP contribution < -0.4 is 5.73 Å². The summed E-state index contributed by atoms with van der Waals surface area (Å²) in [5, 5.41) is 10.8. The quantitative estimate of drug-likeness (QED) is 0.883. The van der Waals surface area contributed by atoms with E-state index in [1.807, 2.05) is 0 Å². The molecule has 0 saturated heterocycles. The van der Waals surface area contributed by atoms with Gasteiger partial charge in [0.15, 0.2) is 0 Å². The van der Waals surface area contributed by atoms with E-state index in [9.17, 15) is 9.50 Å². The van der Waals surface area contributed by atoms with Crippen LogP contribution in [0.2, 0.25) is 0 Å². The Hall–Kier alpha value is -0.930. The van der Waals surface area contributed by atoms with Gasteiger partial charge in [0.1, 0.15) is 5.82 Å². The summed E-state index contributed by atoms with van der Waals surface area (Å²) >= 11 is 0. The molecule has 1 fully saturated rings. The third-order valence-corrected chi connectivity index (χ3v) is 5.36. The maximum absolute atomic E-state index is 13.4. The fourth-order valence-electron chi connectivity index (χ4n) is 3.68. The third-order valence-electron chi connectivity index (χ3n) is 5.36. The molecule has 1 aromatic carbocycles. The second-order valence-electron chi connectivity index (χ2n) is 7.66. The van der Waals surface area contributed by atoms with E-state index < -0.39 is 6.10 Å². The van der Waals surface area contributed by atoms with Crippen LogP contribution in [0.1, 0.15) is 58.1 Å². The van der Waals surface area contributed by atoms with Crippen molar-refractivity contribution in [3.05, 3.63) is 35.6 Å². The number of nitrogens with two attached hydrogens (primary N) is 1. The lowest BCUT2D eigenvalue weighted by molar-refractivity contribution is -0.0235. The van der Waals surface area contributed by atoms with Crippen LogP contribution in [-0.4, -0.2) is 11.7 Å². The van der Waals surface area contributed by atoms with Crippen LogP contribution in [0.4, 0.5) is 4.39 Å². The zero-order valence-corrected chi connectivity index (χ0v) is 13.4. The summed E-state index contributed by atoms with van der Waals surface area (Å²) in [7, 11) is 0. The average Bonchev–Trinajstić information content (AvgIpc) is 2.45. The standard InChI is InChI=1S/C18H28FNO/c1-17(2,3)14-7-9-18(12-20,10-8-14)16(21)13-5-4-6-15(19)11-13/h4-6,11,14,16,21H,7-10,12,20H2,1-3H3. The van der Waals surface area contributed by atoms with Crippen molar-refractivity contribution in [2.75, 3.05) is 6.54 Å². The highest BCUT2D eigenvalue weighted by atomic mass is 19.1. The molecule has 0 amide bonds. The molecule has 1 saturated carbocycles. The molecule has 0 radical (unpaired) electrons. The Labute approximate surface area is 127 Å². The lowest BCUT2D eigenvalue weighted by Crippen LogP contribution is -2.42. The number of hydrogen-bond acceptors (Lipinski definition) is 2. The Morgan fingerprint density at radius 3 is 2.43 bits per heavy atom. The van der Waals surface area contributed by atoms with Crippen LogP contribution in [0.5, 0.6) is 0 Å². The lowest BCUT2D eigenvalue weighted by Gasteiger charge is -2.46. The Balaban J connectivity index is 2.16. The van der Waals surface area contributed by atoms with Gasteiger partial charge in [-0.25, -0.2) is 4.39 Å². The number of benzene rings is 1. The minimum absolute atomic E-state index is 0.296. The van der Waals surface area contributed by atoms with Crippen molar-refractivity contribution in [3.63, 3.8) is 0 Å². The van der Waals surface area contributed by atoms with E-state index in [0.29, 0.717) is 23.4 Å². The molecule has 0 aliphatic heterocycles. The Bertz CT molecular complexity index is 472. The fourth-order valence-corrected chi connectivity index (χ4v) is 3.68. The largest absolute Gasteiger partial charge is 0.388 e. The summed E-state index contributed by atoms with van der Waals surface area (Å²) < 4.78 is 13.4. The predicted octanol–water partition coefficient (Wildman–Crippen LogP) is 4.04. The molecule has 0 heterocycles. The topological polar surface area (TPSA) is 46.2 Å². The maximum atomic E-state index is 13.4. The maximum Gasteiger partial charge on any atom is 0.123 e. The second-order valence-corrected chi connectivity index (χ2v) is 7.66. The molecule has 3 N–H and O–H groups in total. The molecule has 1 atom stereocenters. The van der Waals surface area contributed by atoms with Gasteiger partial charge < -0.3 is 10.8 Å². The summed E-state index contributed by atoms with van der Waals surface area (Å²) in [4.78, 5) is 0. The Morgan fingerprint density at radius 2 is 1.95 bits per heavy atom. The molecule has 0 bridgehead atoms. The summed E-state index contributed by atoms with van der Waals surface area (Å²) in [6.45, 7) is 7.27. The zero-order valence-electron chi connectivity index (χ0n) is 13.4. The monoisotopic (exact) mass is 293 g/mol. The van der Waals surface area contributed by atoms with Crippen molar-refractivity contribution in [2.45, 2.75) is 52.6 Å². The van der Waals surface area contributed by atoms with Crippen molar-refractivity contribution < 1.29 is 9.50 Å². The van der Waals surface area contributed by atoms with E-state index in [0.717, 1.165) is 25.7 Å². The normalized spacial score (nSPS) is 28.4. The third kappa shape index (κ3) is 3.46. The van der Waals surface area contributed by atoms with Crippen LogP contribution >= 0.6 is 0 Å². The van der Waals surface area contributed by atoms with E-state index >= 15 is 0 Å². The molecule has 2 rings (SSSR count). The lowest BCUT2D eigenvalue weighted by atomic mass is 9.61. The van der Waals surface area contributed by atoms with Crippen molar-refractivity contribution >= 4 is 0 Å². The van der Waals surface area contributed by atoms with Gasteiger partial charge in [-0.3, -0.25) is 0 Å². The van der Waals surface area contributed by atoms with Crippen LogP contribution in [0.25, 0.3) is 0 Å². The summed E-state index contributed by atoms with van der Waals surface area (Å²) in [5.41, 5.74) is 6.65. The molecule has 3 heteroatoms. The van der Waals surface area contributed by atoms with E-state index in [2.05, 4.69) is 20.8 Å². The number of aliphatic hydroxyl groups is 1. The minimum atomic E-state index is -0.681. The molecule has 21 heavy (non-hydrogen) atoms. The summed E-state index contributed by atoms with van der Waals surface area (Å²) in [6.07, 6.45) is 3.28. The smallest absolute Gasteiger partial charge is 0.123 e. The predicted molar refractivity (Wildman–Crippen MR) is 84.3 cm³/mol. The SMILES string of the molecule is CC(C)(C)C1CCC(CN)(C(O)c2cccc(F)c2)CC1. The molecule has 0 aromatic heterocycles. The first-order valence-electron chi connectivity index (χ1n) is 7.92. The number of rotatable bonds is 3. The first kappa shape index (κ1) is 16.4. The van der Waals surface area contributed by atoms with Crippen molar-refractivity contribution in [1.82, 2.24) is 0 Å². The van der Waals surface area contributed by atoms with Gasteiger partial charge in [0, 0.05) is 12.0 Å². The van der Waals surface area contributed by atoms with Crippen LogP contribution in [0, 0.1) is 22.6 Å². The molecule has 2 nitrogen and oxygen atoms in total. The molecule has 1 aromatic rings. The van der Waals surface area contributed by atoms with Crippen LogP contribution in [-0.2, 0) is 0 Å². The Kier molecular flexibility index (Phi) is 4.74. The first-order valence-corrected chi connectivity index (χ1v) is 7.92. The molecular formula is C18H28FNO. The van der Waals surface area contributed by atoms with Gasteiger partial charge in [0.25, 0.3) is 0 Å². The van der Waals surface area contributed by atoms with Gasteiger partial charge >= 0.3 is 0 Å². The first-order chi connectivity index (χ1) is 9.78. The van der Waals surface area contributed by atoms with Crippen LogP contribution in [0.15, 0.2) is 24.3 Å². The molecule has 1 unspecified atom stereocenters. The van der Waals surface area contributed by atoms with Crippen molar-refractivity contribution in [3.8, 4) is 0 Å². The van der Waals surface area contributed by atoms with Gasteiger partial charge in [-0.1, -0.05) is 32.9 Å². The minimum Gasteiger partial charge on any atom is -0.388 e. The van der Waals surface area contributed by atoms with Crippen molar-refractivity contribution in [1.29, 1.82) is 0 Å². The second kappa shape index (κ2) is 6.05. The van der Waals surface area contributed by atoms with E-state index in [1.165, 1.54) is 12.1 Å². The van der Waals surface area contributed by atoms with E-state index in [1.54, 1.807) is 12.1 Å². The highest BCUT2D eigenvalue weighted by Gasteiger charge is 2.43. The molecular weight excluding hydrogens is 265 g/mol. The fraction of sp³-hybridized carbons (Fsp3) is 0.667. The highest BCUT2D eigenvalue weighted by Crippen LogP contribution is 2.50. The van der Waals surface area contributed by atoms with Gasteiger partial charge in [-0.15, -0.1) is 0 Å². The van der Waals surface area contributed by atoms with Gasteiger partial charge in [0.05, 0.1) is 6.10 Å². The summed E-state index contributed by atoms with van der Waals surface area (Å²) in [6, 6.07) is 6.28. The Morgan fingerprint density at radius 1 is 1.33 bits per heavy atom. The van der Waals surface area contributed by atoms with Crippen LogP contribution in [0.3, 0.4) is 0 Å². The highest BCUT2D eigenvalue weighted by molar-refractivity contribution is 5.21. The van der Waals surface area contributed by atoms with Gasteiger partial charge in [-0.05, 0) is 54.7 Å². The van der Waals surface area contributed by atoms with E-state index in [4.69, 9.17) is 5.73 Å². The number of aliphatic hydroxyl groups excluding tert-OH is 1. The van der Waals surface area contributed by atoms with Crippen molar-refractivity contribution in [2.24, 2.45) is 22.5 Å². The number of hydrogen-bond donors (Lipinski definition) is 2. The van der Waals surface area contributed by atoms with E-state index in [-0.39, 0.29) is 11.2 Å². The van der Waals surface area contributed by atoms with Gasteiger partial charge in [0.2, 0.25) is 0 Å². The number of halogens is 1. The zero-order chi connectivity index (χ0) is 15.7. The summed E-state index contributed by atoms with van der Waals surface area (Å²) in [5.74, 6) is 0.360. The molecule has 1 aliphatic rings. The molecule has 1 aliphatic carbocycles. The van der Waals surface area contributed by atoms with Gasteiger partial charge in [-0.2, -0.15) is 0 Å². The molecule has 0 spiro atoms. The average molecular weight is 293 g/mol.